The summed E-state index contributed by atoms with van der Waals surface area (Å²) < 4.78 is 10.3. The molecule has 1 aromatic rings. The number of carbonyl (C=O) groups excluding carboxylic acids is 1. The van der Waals surface area contributed by atoms with Crippen LogP contribution in [-0.2, 0) is 14.3 Å². The summed E-state index contributed by atoms with van der Waals surface area (Å²) in [5, 5.41) is 4.03. The number of hydrogen-bond donors (Lipinski definition) is 1. The molecule has 1 atom stereocenters. The number of amides is 1. The fraction of sp³-hybridized carbons (Fsp3) is 0.562. The molecule has 1 aliphatic heterocycles. The minimum atomic E-state index is 0.0268. The van der Waals surface area contributed by atoms with Gasteiger partial charge >= 0.3 is 0 Å². The van der Waals surface area contributed by atoms with Crippen LogP contribution in [0.25, 0.3) is 0 Å². The van der Waals surface area contributed by atoms with Gasteiger partial charge in [-0.05, 0) is 17.7 Å². The quantitative estimate of drug-likeness (QED) is 0.777. The molecule has 1 saturated heterocycles. The van der Waals surface area contributed by atoms with Crippen molar-refractivity contribution in [1.29, 1.82) is 0 Å². The topological polar surface area (TPSA) is 50.8 Å². The van der Waals surface area contributed by atoms with Gasteiger partial charge < -0.3 is 19.7 Å². The molecule has 1 unspecified atom stereocenters. The lowest BCUT2D eigenvalue weighted by Crippen LogP contribution is -2.48. The third-order valence-electron chi connectivity index (χ3n) is 3.69. The van der Waals surface area contributed by atoms with Gasteiger partial charge in [-0.1, -0.05) is 23.7 Å². The molecule has 0 aliphatic carbocycles. The van der Waals surface area contributed by atoms with E-state index in [1.54, 1.807) is 7.11 Å². The number of rotatable bonds is 7. The molecular weight excluding hydrogens is 304 g/mol. The Balaban J connectivity index is 1.93. The van der Waals surface area contributed by atoms with E-state index < -0.39 is 0 Å². The van der Waals surface area contributed by atoms with Gasteiger partial charge in [-0.3, -0.25) is 4.79 Å². The van der Waals surface area contributed by atoms with Crippen LogP contribution in [0.15, 0.2) is 24.3 Å². The molecule has 1 aliphatic rings. The molecule has 1 aromatic carbocycles. The Labute approximate surface area is 136 Å². The largest absolute Gasteiger partial charge is 0.382 e. The van der Waals surface area contributed by atoms with Crippen LogP contribution < -0.4 is 5.32 Å². The van der Waals surface area contributed by atoms with Crippen molar-refractivity contribution < 1.29 is 14.3 Å². The third-order valence-corrected chi connectivity index (χ3v) is 3.92. The second-order valence-electron chi connectivity index (χ2n) is 5.22. The van der Waals surface area contributed by atoms with Crippen LogP contribution in [-0.4, -0.2) is 57.4 Å². The van der Waals surface area contributed by atoms with Crippen LogP contribution in [0.1, 0.15) is 18.0 Å². The van der Waals surface area contributed by atoms with E-state index >= 15 is 0 Å². The van der Waals surface area contributed by atoms with Gasteiger partial charge in [0.05, 0.1) is 32.3 Å². The highest BCUT2D eigenvalue weighted by molar-refractivity contribution is 6.30. The van der Waals surface area contributed by atoms with Crippen molar-refractivity contribution in [3.8, 4) is 0 Å². The average Bonchev–Trinajstić information content (AvgIpc) is 2.54. The minimum Gasteiger partial charge on any atom is -0.382 e. The third kappa shape index (κ3) is 4.95. The van der Waals surface area contributed by atoms with Crippen LogP contribution in [0.2, 0.25) is 5.02 Å². The summed E-state index contributed by atoms with van der Waals surface area (Å²) in [5.74, 6) is 0.115. The number of methoxy groups -OCH3 is 1. The molecule has 0 saturated carbocycles. The maximum absolute atomic E-state index is 12.5. The molecule has 1 heterocycles. The summed E-state index contributed by atoms with van der Waals surface area (Å²) >= 11 is 6.07. The summed E-state index contributed by atoms with van der Waals surface area (Å²) in [6.45, 7) is 3.75. The smallest absolute Gasteiger partial charge is 0.225 e. The molecule has 122 valence electrons. The Morgan fingerprint density at radius 1 is 1.41 bits per heavy atom. The van der Waals surface area contributed by atoms with Crippen LogP contribution >= 0.6 is 11.6 Å². The van der Waals surface area contributed by atoms with E-state index in [9.17, 15) is 4.79 Å². The first-order valence-corrected chi connectivity index (χ1v) is 7.92. The zero-order valence-electron chi connectivity index (χ0n) is 12.9. The molecule has 6 heteroatoms. The van der Waals surface area contributed by atoms with Crippen LogP contribution in [0.3, 0.4) is 0 Å². The maximum Gasteiger partial charge on any atom is 0.225 e. The van der Waals surface area contributed by atoms with Crippen molar-refractivity contribution in [3.05, 3.63) is 34.9 Å². The summed E-state index contributed by atoms with van der Waals surface area (Å²) in [4.78, 5) is 14.4. The first kappa shape index (κ1) is 17.2. The monoisotopic (exact) mass is 326 g/mol. The predicted molar refractivity (Wildman–Crippen MR) is 86.1 cm³/mol. The SMILES string of the molecule is COCCOCCC(=O)N1CCNCC1c1cccc(Cl)c1. The van der Waals surface area contributed by atoms with E-state index in [0.717, 1.165) is 18.7 Å². The fourth-order valence-corrected chi connectivity index (χ4v) is 2.76. The fourth-order valence-electron chi connectivity index (χ4n) is 2.56. The van der Waals surface area contributed by atoms with Crippen molar-refractivity contribution in [1.82, 2.24) is 10.2 Å². The van der Waals surface area contributed by atoms with Gasteiger partial charge in [0.15, 0.2) is 0 Å². The Kier molecular flexibility index (Phi) is 7.12. The summed E-state index contributed by atoms with van der Waals surface area (Å²) in [6, 6.07) is 7.73. The molecule has 22 heavy (non-hydrogen) atoms. The Hall–Kier alpha value is -1.14. The Morgan fingerprint density at radius 3 is 3.05 bits per heavy atom. The second kappa shape index (κ2) is 9.10. The summed E-state index contributed by atoms with van der Waals surface area (Å²) in [5.41, 5.74) is 1.06. The number of piperazine rings is 1. The normalized spacial score (nSPS) is 18.5. The standard InChI is InChI=1S/C16H23ClN2O3/c1-21-9-10-22-8-5-16(20)19-7-6-18-12-15(19)13-3-2-4-14(17)11-13/h2-4,11,15,18H,5-10,12H2,1H3. The van der Waals surface area contributed by atoms with Crippen molar-refractivity contribution in [3.63, 3.8) is 0 Å². The van der Waals surface area contributed by atoms with E-state index in [0.29, 0.717) is 37.8 Å². The van der Waals surface area contributed by atoms with Gasteiger partial charge in [0.25, 0.3) is 0 Å². The Bertz CT molecular complexity index is 484. The zero-order chi connectivity index (χ0) is 15.8. The number of nitrogens with one attached hydrogen (secondary N) is 1. The number of ether oxygens (including phenoxy) is 2. The van der Waals surface area contributed by atoms with E-state index in [4.69, 9.17) is 21.1 Å². The van der Waals surface area contributed by atoms with Gasteiger partial charge in [0.2, 0.25) is 5.91 Å². The highest BCUT2D eigenvalue weighted by atomic mass is 35.5. The molecule has 1 fully saturated rings. The maximum atomic E-state index is 12.5. The number of hydrogen-bond acceptors (Lipinski definition) is 4. The highest BCUT2D eigenvalue weighted by Crippen LogP contribution is 2.25. The molecule has 1 amide bonds. The van der Waals surface area contributed by atoms with Crippen molar-refractivity contribution in [2.75, 3.05) is 46.6 Å². The number of halogens is 1. The van der Waals surface area contributed by atoms with Crippen molar-refractivity contribution in [2.45, 2.75) is 12.5 Å². The highest BCUT2D eigenvalue weighted by Gasteiger charge is 2.27. The van der Waals surface area contributed by atoms with E-state index in [-0.39, 0.29) is 11.9 Å². The molecule has 2 rings (SSSR count). The lowest BCUT2D eigenvalue weighted by atomic mass is 10.0. The van der Waals surface area contributed by atoms with Gasteiger partial charge in [-0.2, -0.15) is 0 Å². The molecule has 1 N–H and O–H groups in total. The molecule has 0 radical (unpaired) electrons. The van der Waals surface area contributed by atoms with Gasteiger partial charge in [-0.15, -0.1) is 0 Å². The molecule has 0 spiro atoms. The lowest BCUT2D eigenvalue weighted by molar-refractivity contribution is -0.135. The summed E-state index contributed by atoms with van der Waals surface area (Å²) in [6.07, 6.45) is 0.390. The molecule has 0 bridgehead atoms. The minimum absolute atomic E-state index is 0.0268. The van der Waals surface area contributed by atoms with Crippen molar-refractivity contribution in [2.24, 2.45) is 0 Å². The first-order chi connectivity index (χ1) is 10.7. The number of nitrogens with zero attached hydrogens (tertiary/aromatic N) is 1. The predicted octanol–water partition coefficient (Wildman–Crippen LogP) is 1.87. The van der Waals surface area contributed by atoms with E-state index in [1.807, 2.05) is 29.2 Å². The van der Waals surface area contributed by atoms with E-state index in [1.165, 1.54) is 0 Å². The summed E-state index contributed by atoms with van der Waals surface area (Å²) in [7, 11) is 1.63. The number of benzene rings is 1. The van der Waals surface area contributed by atoms with E-state index in [2.05, 4.69) is 5.32 Å². The lowest BCUT2D eigenvalue weighted by Gasteiger charge is -2.36. The molecule has 5 nitrogen and oxygen atoms in total. The second-order valence-corrected chi connectivity index (χ2v) is 5.65. The van der Waals surface area contributed by atoms with Crippen LogP contribution in [0.5, 0.6) is 0 Å². The zero-order valence-corrected chi connectivity index (χ0v) is 13.6. The first-order valence-electron chi connectivity index (χ1n) is 7.54. The van der Waals surface area contributed by atoms with Crippen LogP contribution in [0, 0.1) is 0 Å². The number of carbonyl (C=O) groups is 1. The van der Waals surface area contributed by atoms with Crippen LogP contribution in [0.4, 0.5) is 0 Å². The van der Waals surface area contributed by atoms with Gasteiger partial charge in [-0.25, -0.2) is 0 Å². The Morgan fingerprint density at radius 2 is 2.27 bits per heavy atom. The molecule has 0 aromatic heterocycles. The van der Waals surface area contributed by atoms with Gasteiger partial charge in [0, 0.05) is 31.8 Å². The molecular formula is C16H23ClN2O3. The average molecular weight is 327 g/mol. The van der Waals surface area contributed by atoms with Gasteiger partial charge in [0.1, 0.15) is 0 Å². The van der Waals surface area contributed by atoms with Crippen molar-refractivity contribution >= 4 is 17.5 Å².